The van der Waals surface area contributed by atoms with Gasteiger partial charge in [0.15, 0.2) is 0 Å². The van der Waals surface area contributed by atoms with Crippen LogP contribution in [0.15, 0.2) is 48.5 Å². The molecule has 0 fully saturated rings. The number of carbonyl (C=O) groups is 1. The molecule has 0 aliphatic rings. The van der Waals surface area contributed by atoms with Gasteiger partial charge in [-0.15, -0.1) is 0 Å². The molecule has 21 heavy (non-hydrogen) atoms. The smallest absolute Gasteiger partial charge is 0.322 e. The van der Waals surface area contributed by atoms with E-state index in [0.29, 0.717) is 5.69 Å². The normalized spacial score (nSPS) is 11.2. The average Bonchev–Trinajstić information content (AvgIpc) is 2.47. The van der Waals surface area contributed by atoms with E-state index in [-0.39, 0.29) is 5.56 Å². The van der Waals surface area contributed by atoms with E-state index in [4.69, 9.17) is 0 Å². The van der Waals surface area contributed by atoms with E-state index in [9.17, 15) is 18.0 Å². The van der Waals surface area contributed by atoms with Crippen molar-refractivity contribution >= 4 is 11.6 Å². The summed E-state index contributed by atoms with van der Waals surface area (Å²) in [4.78, 5) is 12.0. The van der Waals surface area contributed by atoms with Gasteiger partial charge in [0.05, 0.1) is 11.1 Å². The summed E-state index contributed by atoms with van der Waals surface area (Å²) in [6, 6.07) is 11.7. The van der Waals surface area contributed by atoms with Crippen LogP contribution in [-0.4, -0.2) is 5.91 Å². The van der Waals surface area contributed by atoms with Crippen molar-refractivity contribution in [2.45, 2.75) is 19.5 Å². The van der Waals surface area contributed by atoms with Crippen LogP contribution in [0.2, 0.25) is 0 Å². The van der Waals surface area contributed by atoms with Crippen molar-refractivity contribution in [1.29, 1.82) is 0 Å². The standard InChI is InChI=1S/C16H14F3NO/c1-2-11-7-9-12(10-8-11)20-15(21)13-5-3-4-6-14(13)16(17,18)19/h3-10H,2H2,1H3,(H,20,21). The molecule has 1 amide bonds. The molecular formula is C16H14F3NO. The van der Waals surface area contributed by atoms with Gasteiger partial charge in [-0.2, -0.15) is 13.2 Å². The van der Waals surface area contributed by atoms with Crippen molar-refractivity contribution in [3.63, 3.8) is 0 Å². The number of benzene rings is 2. The Labute approximate surface area is 120 Å². The Balaban J connectivity index is 2.24. The highest BCUT2D eigenvalue weighted by Gasteiger charge is 2.34. The number of hydrogen-bond acceptors (Lipinski definition) is 1. The van der Waals surface area contributed by atoms with Gasteiger partial charge in [-0.25, -0.2) is 0 Å². The van der Waals surface area contributed by atoms with Crippen molar-refractivity contribution in [1.82, 2.24) is 0 Å². The lowest BCUT2D eigenvalue weighted by molar-refractivity contribution is -0.137. The van der Waals surface area contributed by atoms with E-state index < -0.39 is 17.6 Å². The molecular weight excluding hydrogens is 279 g/mol. The summed E-state index contributed by atoms with van der Waals surface area (Å²) in [5.74, 6) is -0.771. The molecule has 0 atom stereocenters. The molecule has 110 valence electrons. The third kappa shape index (κ3) is 3.62. The highest BCUT2D eigenvalue weighted by Crippen LogP contribution is 2.32. The van der Waals surface area contributed by atoms with E-state index in [1.54, 1.807) is 12.1 Å². The van der Waals surface area contributed by atoms with Crippen LogP contribution in [-0.2, 0) is 12.6 Å². The van der Waals surface area contributed by atoms with E-state index >= 15 is 0 Å². The lowest BCUT2D eigenvalue weighted by Gasteiger charge is -2.12. The maximum Gasteiger partial charge on any atom is 0.417 e. The van der Waals surface area contributed by atoms with E-state index in [1.165, 1.54) is 18.2 Å². The quantitative estimate of drug-likeness (QED) is 0.885. The van der Waals surface area contributed by atoms with Crippen molar-refractivity contribution in [2.24, 2.45) is 0 Å². The number of amides is 1. The van der Waals surface area contributed by atoms with Crippen molar-refractivity contribution in [3.8, 4) is 0 Å². The SMILES string of the molecule is CCc1ccc(NC(=O)c2ccccc2C(F)(F)F)cc1. The first-order chi connectivity index (χ1) is 9.91. The summed E-state index contributed by atoms with van der Waals surface area (Å²) in [5, 5.41) is 2.48. The molecule has 0 saturated carbocycles. The zero-order valence-corrected chi connectivity index (χ0v) is 11.4. The summed E-state index contributed by atoms with van der Waals surface area (Å²) in [7, 11) is 0. The Morgan fingerprint density at radius 2 is 1.67 bits per heavy atom. The van der Waals surface area contributed by atoms with Gasteiger partial charge >= 0.3 is 6.18 Å². The number of carbonyl (C=O) groups excluding carboxylic acids is 1. The highest BCUT2D eigenvalue weighted by molar-refractivity contribution is 6.05. The number of aryl methyl sites for hydroxylation is 1. The topological polar surface area (TPSA) is 29.1 Å². The fraction of sp³-hybridized carbons (Fsp3) is 0.188. The Bertz CT molecular complexity index is 633. The molecule has 0 unspecified atom stereocenters. The second-order valence-corrected chi connectivity index (χ2v) is 4.55. The molecule has 0 spiro atoms. The van der Waals surface area contributed by atoms with Gasteiger partial charge in [0, 0.05) is 5.69 Å². The number of rotatable bonds is 3. The van der Waals surface area contributed by atoms with Crippen LogP contribution < -0.4 is 5.32 Å². The van der Waals surface area contributed by atoms with Crippen molar-refractivity contribution < 1.29 is 18.0 Å². The molecule has 2 rings (SSSR count). The third-order valence-corrected chi connectivity index (χ3v) is 3.10. The highest BCUT2D eigenvalue weighted by atomic mass is 19.4. The molecule has 0 saturated heterocycles. The fourth-order valence-corrected chi connectivity index (χ4v) is 1.95. The number of halogens is 3. The van der Waals surface area contributed by atoms with Crippen LogP contribution in [0, 0.1) is 0 Å². The zero-order valence-electron chi connectivity index (χ0n) is 11.4. The van der Waals surface area contributed by atoms with Crippen LogP contribution in [0.25, 0.3) is 0 Å². The summed E-state index contributed by atoms with van der Waals surface area (Å²) < 4.78 is 38.6. The molecule has 1 N–H and O–H groups in total. The predicted molar refractivity (Wildman–Crippen MR) is 75.2 cm³/mol. The molecule has 2 nitrogen and oxygen atoms in total. The summed E-state index contributed by atoms with van der Waals surface area (Å²) in [6.45, 7) is 1.99. The molecule has 0 bridgehead atoms. The van der Waals surface area contributed by atoms with Gasteiger partial charge in [-0.05, 0) is 36.2 Å². The largest absolute Gasteiger partial charge is 0.417 e. The van der Waals surface area contributed by atoms with E-state index in [0.717, 1.165) is 18.1 Å². The van der Waals surface area contributed by atoms with Gasteiger partial charge in [0.25, 0.3) is 5.91 Å². The predicted octanol–water partition coefficient (Wildman–Crippen LogP) is 4.52. The third-order valence-electron chi connectivity index (χ3n) is 3.10. The lowest BCUT2D eigenvalue weighted by Crippen LogP contribution is -2.18. The number of hydrogen-bond donors (Lipinski definition) is 1. The first-order valence-electron chi connectivity index (χ1n) is 6.48. The number of nitrogens with one attached hydrogen (secondary N) is 1. The first kappa shape index (κ1) is 15.1. The molecule has 2 aromatic carbocycles. The van der Waals surface area contributed by atoms with Gasteiger partial charge in [-0.3, -0.25) is 4.79 Å². The minimum absolute atomic E-state index is 0.385. The van der Waals surface area contributed by atoms with Crippen LogP contribution >= 0.6 is 0 Å². The minimum atomic E-state index is -4.56. The monoisotopic (exact) mass is 293 g/mol. The fourth-order valence-electron chi connectivity index (χ4n) is 1.95. The number of alkyl halides is 3. The van der Waals surface area contributed by atoms with Crippen LogP contribution in [0.4, 0.5) is 18.9 Å². The van der Waals surface area contributed by atoms with Crippen LogP contribution in [0.1, 0.15) is 28.4 Å². The number of anilines is 1. The van der Waals surface area contributed by atoms with Crippen LogP contribution in [0.3, 0.4) is 0 Å². The summed E-state index contributed by atoms with van der Waals surface area (Å²) in [6.07, 6.45) is -3.70. The molecule has 0 radical (unpaired) electrons. The molecule has 0 aliphatic heterocycles. The van der Waals surface area contributed by atoms with Gasteiger partial charge < -0.3 is 5.32 Å². The van der Waals surface area contributed by atoms with Crippen molar-refractivity contribution in [2.75, 3.05) is 5.32 Å². The van der Waals surface area contributed by atoms with Crippen molar-refractivity contribution in [3.05, 3.63) is 65.2 Å². The molecule has 0 aliphatic carbocycles. The van der Waals surface area contributed by atoms with Gasteiger partial charge in [0.1, 0.15) is 0 Å². The Hall–Kier alpha value is -2.30. The maximum atomic E-state index is 12.9. The summed E-state index contributed by atoms with van der Waals surface area (Å²) in [5.41, 5.74) is 0.232. The Morgan fingerprint density at radius 1 is 1.05 bits per heavy atom. The molecule has 0 aromatic heterocycles. The van der Waals surface area contributed by atoms with E-state index in [1.807, 2.05) is 19.1 Å². The van der Waals surface area contributed by atoms with Gasteiger partial charge in [-0.1, -0.05) is 31.2 Å². The molecule has 2 aromatic rings. The Kier molecular flexibility index (Phi) is 4.31. The maximum absolute atomic E-state index is 12.9. The summed E-state index contributed by atoms with van der Waals surface area (Å²) >= 11 is 0. The zero-order chi connectivity index (χ0) is 15.5. The molecule has 0 heterocycles. The Morgan fingerprint density at radius 3 is 2.24 bits per heavy atom. The average molecular weight is 293 g/mol. The second-order valence-electron chi connectivity index (χ2n) is 4.55. The first-order valence-corrected chi connectivity index (χ1v) is 6.48. The van der Waals surface area contributed by atoms with Crippen LogP contribution in [0.5, 0.6) is 0 Å². The van der Waals surface area contributed by atoms with E-state index in [2.05, 4.69) is 5.32 Å². The second kappa shape index (κ2) is 5.99. The lowest BCUT2D eigenvalue weighted by atomic mass is 10.1. The van der Waals surface area contributed by atoms with Gasteiger partial charge in [0.2, 0.25) is 0 Å². The minimum Gasteiger partial charge on any atom is -0.322 e. The molecule has 5 heteroatoms.